The second-order valence-corrected chi connectivity index (χ2v) is 10.5. The van der Waals surface area contributed by atoms with Crippen LogP contribution in [0.3, 0.4) is 0 Å². The average molecular weight is 540 g/mol. The van der Waals surface area contributed by atoms with Crippen molar-refractivity contribution in [2.75, 3.05) is 7.11 Å². The van der Waals surface area contributed by atoms with Crippen molar-refractivity contribution in [1.82, 2.24) is 35.8 Å². The number of halogens is 1. The highest BCUT2D eigenvalue weighted by molar-refractivity contribution is 5.93. The van der Waals surface area contributed by atoms with Crippen LogP contribution in [0, 0.1) is 18.7 Å². The van der Waals surface area contributed by atoms with Gasteiger partial charge in [0.1, 0.15) is 11.3 Å². The van der Waals surface area contributed by atoms with Gasteiger partial charge in [0, 0.05) is 23.8 Å². The van der Waals surface area contributed by atoms with Gasteiger partial charge in [0.05, 0.1) is 13.7 Å². The first-order valence-electron chi connectivity index (χ1n) is 12.9. The Morgan fingerprint density at radius 3 is 2.62 bits per heavy atom. The number of ether oxygens (including phenoxy) is 1. The Hall–Kier alpha value is -3.93. The van der Waals surface area contributed by atoms with Gasteiger partial charge in [0.15, 0.2) is 11.6 Å². The predicted octanol–water partition coefficient (Wildman–Crippen LogP) is 2.57. The first-order chi connectivity index (χ1) is 18.5. The molecule has 3 N–H and O–H groups in total. The van der Waals surface area contributed by atoms with Gasteiger partial charge in [-0.15, -0.1) is 10.2 Å². The number of hydrogen-bond acceptors (Lipinski definition) is 8. The van der Waals surface area contributed by atoms with Crippen LogP contribution in [0.1, 0.15) is 61.3 Å². The fourth-order valence-electron chi connectivity index (χ4n) is 4.52. The van der Waals surface area contributed by atoms with Crippen molar-refractivity contribution in [2.45, 2.75) is 71.2 Å². The number of tetrazole rings is 1. The number of carbonyl (C=O) groups is 2. The minimum atomic E-state index is -1.39. The highest BCUT2D eigenvalue weighted by Gasteiger charge is 2.29. The third-order valence-electron chi connectivity index (χ3n) is 6.72. The highest BCUT2D eigenvalue weighted by Crippen LogP contribution is 2.26. The molecule has 0 radical (unpaired) electrons. The lowest BCUT2D eigenvalue weighted by molar-refractivity contribution is -0.137. The maximum Gasteiger partial charge on any atom is 0.270 e. The summed E-state index contributed by atoms with van der Waals surface area (Å²) in [6.45, 7) is 5.52. The average Bonchev–Trinajstić information content (AvgIpc) is 3.36. The molecule has 1 aliphatic carbocycles. The molecule has 12 heteroatoms. The number of aryl methyl sites for hydroxylation is 1. The quantitative estimate of drug-likeness (QED) is 0.376. The second-order valence-electron chi connectivity index (χ2n) is 10.5. The first-order valence-corrected chi connectivity index (χ1v) is 12.9. The van der Waals surface area contributed by atoms with Gasteiger partial charge in [-0.05, 0) is 87.4 Å². The lowest BCUT2D eigenvalue weighted by Crippen LogP contribution is -2.47. The van der Waals surface area contributed by atoms with E-state index in [2.05, 4.69) is 31.0 Å². The van der Waals surface area contributed by atoms with Crippen molar-refractivity contribution in [3.63, 3.8) is 0 Å². The number of aromatic nitrogens is 5. The molecule has 208 valence electrons. The summed E-state index contributed by atoms with van der Waals surface area (Å²) in [5.41, 5.74) is 0.763. The van der Waals surface area contributed by atoms with E-state index in [1.54, 1.807) is 29.9 Å². The molecule has 11 nitrogen and oxygen atoms in total. The van der Waals surface area contributed by atoms with Gasteiger partial charge in [0.25, 0.3) is 11.8 Å². The maximum atomic E-state index is 13.6. The minimum Gasteiger partial charge on any atom is -0.494 e. The van der Waals surface area contributed by atoms with Crippen LogP contribution in [-0.2, 0) is 17.9 Å². The van der Waals surface area contributed by atoms with Gasteiger partial charge in [-0.25, -0.2) is 9.37 Å². The molecule has 4 rings (SSSR count). The number of nitrogens with zero attached hydrogens (tertiary/aromatic N) is 5. The van der Waals surface area contributed by atoms with Crippen molar-refractivity contribution in [2.24, 2.45) is 5.92 Å². The third kappa shape index (κ3) is 7.34. The summed E-state index contributed by atoms with van der Waals surface area (Å²) in [4.78, 5) is 30.7. The number of rotatable bonds is 9. The topological polar surface area (TPSA) is 144 Å². The zero-order valence-corrected chi connectivity index (χ0v) is 22.6. The van der Waals surface area contributed by atoms with Crippen LogP contribution in [-0.4, -0.2) is 60.9 Å². The molecular weight excluding hydrogens is 505 g/mol. The van der Waals surface area contributed by atoms with Crippen LogP contribution < -0.4 is 15.4 Å². The summed E-state index contributed by atoms with van der Waals surface area (Å²) >= 11 is 0. The molecule has 1 aromatic carbocycles. The van der Waals surface area contributed by atoms with E-state index in [4.69, 9.17) is 4.74 Å². The minimum absolute atomic E-state index is 0.0499. The fraction of sp³-hybridized carbons (Fsp3) is 0.481. The van der Waals surface area contributed by atoms with Crippen molar-refractivity contribution in [3.05, 3.63) is 53.1 Å². The van der Waals surface area contributed by atoms with E-state index in [1.165, 1.54) is 33.1 Å². The molecule has 1 fully saturated rings. The molecule has 0 aliphatic heterocycles. The number of methoxy groups -OCH3 is 1. The summed E-state index contributed by atoms with van der Waals surface area (Å²) in [5, 5.41) is 28.5. The maximum absolute atomic E-state index is 13.6. The molecule has 1 saturated carbocycles. The lowest BCUT2D eigenvalue weighted by atomic mass is 9.86. The molecule has 0 atom stereocenters. The van der Waals surface area contributed by atoms with Crippen LogP contribution in [0.25, 0.3) is 11.4 Å². The molecule has 0 bridgehead atoms. The molecule has 2 heterocycles. The Balaban J connectivity index is 1.35. The van der Waals surface area contributed by atoms with Crippen LogP contribution in [0.4, 0.5) is 4.39 Å². The molecule has 3 aromatic rings. The number of amides is 2. The largest absolute Gasteiger partial charge is 0.494 e. The smallest absolute Gasteiger partial charge is 0.270 e. The van der Waals surface area contributed by atoms with E-state index in [0.29, 0.717) is 35.1 Å². The lowest BCUT2D eigenvalue weighted by Gasteiger charge is -2.30. The van der Waals surface area contributed by atoms with Gasteiger partial charge in [-0.2, -0.15) is 4.80 Å². The molecular formula is C27H34FN7O4. The monoisotopic (exact) mass is 539 g/mol. The van der Waals surface area contributed by atoms with E-state index in [1.807, 2.05) is 0 Å². The number of nitrogens with one attached hydrogen (secondary N) is 2. The zero-order valence-electron chi connectivity index (χ0n) is 22.6. The normalized spacial score (nSPS) is 17.5. The van der Waals surface area contributed by atoms with Crippen molar-refractivity contribution in [3.8, 4) is 17.1 Å². The molecule has 39 heavy (non-hydrogen) atoms. The number of carbonyl (C=O) groups excluding carboxylic acids is 2. The van der Waals surface area contributed by atoms with Crippen LogP contribution in [0.2, 0.25) is 0 Å². The van der Waals surface area contributed by atoms with Gasteiger partial charge in [-0.3, -0.25) is 9.59 Å². The Labute approximate surface area is 226 Å². The van der Waals surface area contributed by atoms with Gasteiger partial charge in [0.2, 0.25) is 5.82 Å². The zero-order chi connectivity index (χ0) is 28.2. The predicted molar refractivity (Wildman–Crippen MR) is 140 cm³/mol. The molecule has 2 aromatic heterocycles. The Morgan fingerprint density at radius 1 is 1.18 bits per heavy atom. The van der Waals surface area contributed by atoms with Crippen LogP contribution in [0.5, 0.6) is 5.75 Å². The third-order valence-corrected chi connectivity index (χ3v) is 6.72. The number of hydrogen-bond donors (Lipinski definition) is 3. The standard InChI is InChI=1S/C27H34FN7O4/c1-16-11-19(13-22(30-16)25(36)29-14-18-7-10-21(28)23(12-18)39-4)24-32-34-35(33-24)15-17-5-8-20(9-6-17)31-26(37)27(2,3)38/h7,10-13,17,20,38H,5-6,8-9,14-15H2,1-4H3,(H,29,36)(H,31,37)/t17-,20-. The van der Waals surface area contributed by atoms with Gasteiger partial charge < -0.3 is 20.5 Å². The molecule has 0 saturated heterocycles. The molecule has 0 unspecified atom stereocenters. The summed E-state index contributed by atoms with van der Waals surface area (Å²) in [7, 11) is 1.38. The Morgan fingerprint density at radius 2 is 1.92 bits per heavy atom. The van der Waals surface area contributed by atoms with Gasteiger partial charge in [-0.1, -0.05) is 6.07 Å². The van der Waals surface area contributed by atoms with E-state index >= 15 is 0 Å². The van der Waals surface area contributed by atoms with Crippen LogP contribution in [0.15, 0.2) is 30.3 Å². The number of benzene rings is 1. The van der Waals surface area contributed by atoms with Crippen LogP contribution >= 0.6 is 0 Å². The van der Waals surface area contributed by atoms with Crippen molar-refractivity contribution >= 4 is 11.8 Å². The fourth-order valence-corrected chi connectivity index (χ4v) is 4.52. The second kappa shape index (κ2) is 11.9. The summed E-state index contributed by atoms with van der Waals surface area (Å²) in [6.07, 6.45) is 3.43. The Kier molecular flexibility index (Phi) is 8.54. The van der Waals surface area contributed by atoms with Gasteiger partial charge >= 0.3 is 0 Å². The van der Waals surface area contributed by atoms with Crippen molar-refractivity contribution in [1.29, 1.82) is 0 Å². The first kappa shape index (κ1) is 28.1. The highest BCUT2D eigenvalue weighted by atomic mass is 19.1. The molecule has 2 amide bonds. The van der Waals surface area contributed by atoms with Crippen molar-refractivity contribution < 1.29 is 23.8 Å². The molecule has 0 spiro atoms. The summed E-state index contributed by atoms with van der Waals surface area (Å²) in [6, 6.07) is 7.86. The number of aliphatic hydroxyl groups is 1. The summed E-state index contributed by atoms with van der Waals surface area (Å²) < 4.78 is 18.6. The Bertz CT molecular complexity index is 1330. The van der Waals surface area contributed by atoms with E-state index in [9.17, 15) is 19.1 Å². The van der Waals surface area contributed by atoms with E-state index < -0.39 is 11.4 Å². The van der Waals surface area contributed by atoms with E-state index in [0.717, 1.165) is 25.7 Å². The molecule has 1 aliphatic rings. The SMILES string of the molecule is COc1cc(CNC(=O)c2cc(-c3nnn(C[C@H]4CC[C@H](NC(=O)C(C)(C)O)CC4)n3)cc(C)n2)ccc1F. The van der Waals surface area contributed by atoms with E-state index in [-0.39, 0.29) is 35.8 Å². The summed E-state index contributed by atoms with van der Waals surface area (Å²) in [5.74, 6) is -0.371. The number of pyridine rings is 1.